The maximum Gasteiger partial charge on any atom is 0.358 e. The molecule has 2 aromatic carbocycles. The average Bonchev–Trinajstić information content (AvgIpc) is 3.10. The molecular weight excluding hydrogens is 347 g/mol. The molecule has 0 aliphatic carbocycles. The highest BCUT2D eigenvalue weighted by atomic mass is 32.1. The Morgan fingerprint density at radius 2 is 2.04 bits per heavy atom. The van der Waals surface area contributed by atoms with E-state index < -0.39 is 16.7 Å². The van der Waals surface area contributed by atoms with Gasteiger partial charge in [-0.2, -0.15) is 0 Å². The van der Waals surface area contributed by atoms with Crippen LogP contribution in [0.1, 0.15) is 16.1 Å². The van der Waals surface area contributed by atoms with Gasteiger partial charge in [-0.05, 0) is 17.7 Å². The molecule has 0 saturated carbocycles. The fourth-order valence-corrected chi connectivity index (χ4v) is 2.92. The standard InChI is InChI=1S/C17H11FN2O4S/c18-14-7-2-1-6-13(14)16-19-15(10-25-16)17(21)24-9-11-4-3-5-12(8-11)20(22)23/h1-8,10H,9H2. The zero-order chi connectivity index (χ0) is 17.8. The van der Waals surface area contributed by atoms with Crippen molar-refractivity contribution in [3.8, 4) is 10.6 Å². The molecule has 0 saturated heterocycles. The van der Waals surface area contributed by atoms with Crippen molar-refractivity contribution >= 4 is 23.0 Å². The second kappa shape index (κ2) is 7.18. The highest BCUT2D eigenvalue weighted by Crippen LogP contribution is 2.26. The lowest BCUT2D eigenvalue weighted by molar-refractivity contribution is -0.384. The van der Waals surface area contributed by atoms with E-state index in [0.717, 1.165) is 11.3 Å². The maximum atomic E-state index is 13.8. The lowest BCUT2D eigenvalue weighted by Crippen LogP contribution is -2.06. The van der Waals surface area contributed by atoms with Crippen LogP contribution in [-0.4, -0.2) is 15.9 Å². The van der Waals surface area contributed by atoms with E-state index >= 15 is 0 Å². The fraction of sp³-hybridized carbons (Fsp3) is 0.0588. The number of hydrogen-bond acceptors (Lipinski definition) is 6. The Bertz CT molecular complexity index is 942. The number of aromatic nitrogens is 1. The monoisotopic (exact) mass is 358 g/mol. The third kappa shape index (κ3) is 3.86. The number of carbonyl (C=O) groups is 1. The van der Waals surface area contributed by atoms with E-state index in [0.29, 0.717) is 16.1 Å². The minimum Gasteiger partial charge on any atom is -0.456 e. The van der Waals surface area contributed by atoms with Gasteiger partial charge in [0.2, 0.25) is 0 Å². The molecule has 0 unspecified atom stereocenters. The zero-order valence-electron chi connectivity index (χ0n) is 12.7. The Kier molecular flexibility index (Phi) is 4.80. The topological polar surface area (TPSA) is 82.3 Å². The number of non-ortho nitro benzene ring substituents is 1. The lowest BCUT2D eigenvalue weighted by atomic mass is 10.2. The van der Waals surface area contributed by atoms with Gasteiger partial charge in [0.25, 0.3) is 5.69 Å². The molecule has 1 heterocycles. The summed E-state index contributed by atoms with van der Waals surface area (Å²) < 4.78 is 18.9. The van der Waals surface area contributed by atoms with Crippen LogP contribution in [0.15, 0.2) is 53.9 Å². The first kappa shape index (κ1) is 16.7. The minimum atomic E-state index is -0.676. The molecule has 0 radical (unpaired) electrons. The Morgan fingerprint density at radius 1 is 1.24 bits per heavy atom. The number of thiazole rings is 1. The highest BCUT2D eigenvalue weighted by Gasteiger charge is 2.15. The van der Waals surface area contributed by atoms with Crippen LogP contribution in [-0.2, 0) is 11.3 Å². The Balaban J connectivity index is 1.69. The number of hydrogen-bond donors (Lipinski definition) is 0. The van der Waals surface area contributed by atoms with Gasteiger partial charge in [-0.15, -0.1) is 11.3 Å². The van der Waals surface area contributed by atoms with Crippen molar-refractivity contribution in [1.29, 1.82) is 0 Å². The normalized spacial score (nSPS) is 10.4. The molecule has 3 aromatic rings. The van der Waals surface area contributed by atoms with Crippen LogP contribution >= 0.6 is 11.3 Å². The van der Waals surface area contributed by atoms with E-state index in [-0.39, 0.29) is 18.0 Å². The molecule has 0 fully saturated rings. The molecule has 8 heteroatoms. The quantitative estimate of drug-likeness (QED) is 0.387. The summed E-state index contributed by atoms with van der Waals surface area (Å²) in [4.78, 5) is 26.4. The van der Waals surface area contributed by atoms with E-state index in [1.165, 1.54) is 29.6 Å². The smallest absolute Gasteiger partial charge is 0.358 e. The number of benzene rings is 2. The van der Waals surface area contributed by atoms with E-state index in [4.69, 9.17) is 4.74 Å². The first-order valence-electron chi connectivity index (χ1n) is 7.15. The predicted molar refractivity (Wildman–Crippen MR) is 89.7 cm³/mol. The van der Waals surface area contributed by atoms with Crippen LogP contribution in [0.3, 0.4) is 0 Å². The third-order valence-corrected chi connectivity index (χ3v) is 4.18. The predicted octanol–water partition coefficient (Wildman–Crippen LogP) is 4.21. The van der Waals surface area contributed by atoms with Gasteiger partial charge in [0, 0.05) is 23.1 Å². The second-order valence-corrected chi connectivity index (χ2v) is 5.88. The summed E-state index contributed by atoms with van der Waals surface area (Å²) in [5.41, 5.74) is 0.787. The summed E-state index contributed by atoms with van der Waals surface area (Å²) in [6.07, 6.45) is 0. The van der Waals surface area contributed by atoms with Gasteiger partial charge in [0.15, 0.2) is 5.69 Å². The Morgan fingerprint density at radius 3 is 2.80 bits per heavy atom. The number of rotatable bonds is 5. The molecule has 0 aliphatic rings. The summed E-state index contributed by atoms with van der Waals surface area (Å²) in [5.74, 6) is -1.10. The average molecular weight is 358 g/mol. The van der Waals surface area contributed by atoms with Crippen molar-refractivity contribution in [2.75, 3.05) is 0 Å². The highest BCUT2D eigenvalue weighted by molar-refractivity contribution is 7.13. The van der Waals surface area contributed by atoms with Gasteiger partial charge in [-0.25, -0.2) is 14.2 Å². The molecule has 1 aromatic heterocycles. The van der Waals surface area contributed by atoms with Crippen LogP contribution in [0.25, 0.3) is 10.6 Å². The number of nitrogens with zero attached hydrogens (tertiary/aromatic N) is 2. The molecule has 0 spiro atoms. The number of carbonyl (C=O) groups excluding carboxylic acids is 1. The number of ether oxygens (including phenoxy) is 1. The lowest BCUT2D eigenvalue weighted by Gasteiger charge is -2.03. The van der Waals surface area contributed by atoms with Gasteiger partial charge in [-0.3, -0.25) is 10.1 Å². The van der Waals surface area contributed by atoms with Crippen molar-refractivity contribution in [2.24, 2.45) is 0 Å². The molecule has 0 N–H and O–H groups in total. The molecule has 126 valence electrons. The zero-order valence-corrected chi connectivity index (χ0v) is 13.5. The molecule has 6 nitrogen and oxygen atoms in total. The molecule has 0 atom stereocenters. The van der Waals surface area contributed by atoms with Crippen LogP contribution in [0.2, 0.25) is 0 Å². The summed E-state index contributed by atoms with van der Waals surface area (Å²) in [6, 6.07) is 12.0. The van der Waals surface area contributed by atoms with Crippen molar-refractivity contribution in [3.05, 3.63) is 81.1 Å². The largest absolute Gasteiger partial charge is 0.456 e. The second-order valence-electron chi connectivity index (χ2n) is 5.02. The number of halogens is 1. The third-order valence-electron chi connectivity index (χ3n) is 3.31. The minimum absolute atomic E-state index is 0.0636. The Hall–Kier alpha value is -3.13. The summed E-state index contributed by atoms with van der Waals surface area (Å²) in [5, 5.41) is 12.6. The van der Waals surface area contributed by atoms with Gasteiger partial charge >= 0.3 is 5.97 Å². The van der Waals surface area contributed by atoms with Gasteiger partial charge in [0.1, 0.15) is 17.4 Å². The molecule has 25 heavy (non-hydrogen) atoms. The number of nitro benzene ring substituents is 1. The number of esters is 1. The maximum absolute atomic E-state index is 13.8. The van der Waals surface area contributed by atoms with Crippen molar-refractivity contribution in [3.63, 3.8) is 0 Å². The first-order chi connectivity index (χ1) is 12.0. The van der Waals surface area contributed by atoms with E-state index in [1.54, 1.807) is 24.3 Å². The molecule has 0 amide bonds. The molecular formula is C17H11FN2O4S. The van der Waals surface area contributed by atoms with Crippen molar-refractivity contribution in [2.45, 2.75) is 6.61 Å². The first-order valence-corrected chi connectivity index (χ1v) is 8.03. The van der Waals surface area contributed by atoms with Gasteiger partial charge < -0.3 is 4.74 Å². The summed E-state index contributed by atoms with van der Waals surface area (Å²) in [7, 11) is 0. The van der Waals surface area contributed by atoms with Crippen LogP contribution in [0.5, 0.6) is 0 Å². The SMILES string of the molecule is O=C(OCc1cccc([N+](=O)[O-])c1)c1csc(-c2ccccc2F)n1. The van der Waals surface area contributed by atoms with Crippen molar-refractivity contribution in [1.82, 2.24) is 4.98 Å². The van der Waals surface area contributed by atoms with Gasteiger partial charge in [-0.1, -0.05) is 24.3 Å². The van der Waals surface area contributed by atoms with E-state index in [1.807, 2.05) is 0 Å². The summed E-state index contributed by atoms with van der Waals surface area (Å²) >= 11 is 1.13. The Labute approximate surface area is 145 Å². The van der Waals surface area contributed by atoms with Crippen LogP contribution < -0.4 is 0 Å². The fourth-order valence-electron chi connectivity index (χ4n) is 2.11. The van der Waals surface area contributed by atoms with E-state index in [9.17, 15) is 19.3 Å². The van der Waals surface area contributed by atoms with Crippen LogP contribution in [0, 0.1) is 15.9 Å². The molecule has 0 bridgehead atoms. The van der Waals surface area contributed by atoms with Crippen molar-refractivity contribution < 1.29 is 18.8 Å². The molecule has 0 aliphatic heterocycles. The summed E-state index contributed by atoms with van der Waals surface area (Å²) in [6.45, 7) is -0.118. The number of nitro groups is 1. The van der Waals surface area contributed by atoms with Crippen LogP contribution in [0.4, 0.5) is 10.1 Å². The van der Waals surface area contributed by atoms with Gasteiger partial charge in [0.05, 0.1) is 4.92 Å². The van der Waals surface area contributed by atoms with E-state index in [2.05, 4.69) is 4.98 Å². The molecule has 3 rings (SSSR count).